The van der Waals surface area contributed by atoms with Gasteiger partial charge in [0.05, 0.1) is 21.7 Å². The molecule has 2 aromatic carbocycles. The summed E-state index contributed by atoms with van der Waals surface area (Å²) in [5, 5.41) is 10.5. The van der Waals surface area contributed by atoms with Crippen LogP contribution in [-0.4, -0.2) is 11.0 Å². The van der Waals surface area contributed by atoms with Crippen molar-refractivity contribution in [2.24, 2.45) is 11.8 Å². The minimum atomic E-state index is -1.17. The van der Waals surface area contributed by atoms with E-state index < -0.39 is 18.0 Å². The SMILES string of the molecule is CC(C)C(/C=C/c1ccc(Cl)c(Cl)c1)C(=O)OC(C#N)c1cccc(Oc2ccccc2)n1. The van der Waals surface area contributed by atoms with Crippen LogP contribution in [0.1, 0.15) is 31.2 Å². The maximum atomic E-state index is 12.9. The van der Waals surface area contributed by atoms with Gasteiger partial charge in [0, 0.05) is 6.07 Å². The Labute approximate surface area is 203 Å². The first-order valence-electron chi connectivity index (χ1n) is 10.3. The number of esters is 1. The van der Waals surface area contributed by atoms with Crippen molar-refractivity contribution in [1.29, 1.82) is 5.26 Å². The lowest BCUT2D eigenvalue weighted by atomic mass is 9.94. The molecule has 0 radical (unpaired) electrons. The summed E-state index contributed by atoms with van der Waals surface area (Å²) in [7, 11) is 0. The van der Waals surface area contributed by atoms with Crippen LogP contribution in [0.5, 0.6) is 11.6 Å². The van der Waals surface area contributed by atoms with Gasteiger partial charge in [0.15, 0.2) is 0 Å². The molecule has 0 aliphatic heterocycles. The summed E-state index contributed by atoms with van der Waals surface area (Å²) in [4.78, 5) is 17.3. The Bertz CT molecular complexity index is 1170. The molecule has 2 unspecified atom stereocenters. The molecule has 3 aromatic rings. The Kier molecular flexibility index (Phi) is 8.48. The van der Waals surface area contributed by atoms with Crippen LogP contribution in [0.15, 0.2) is 72.8 Å². The normalized spacial score (nSPS) is 12.8. The topological polar surface area (TPSA) is 72.2 Å². The molecule has 0 amide bonds. The lowest BCUT2D eigenvalue weighted by molar-refractivity contribution is -0.151. The molecule has 0 spiro atoms. The van der Waals surface area contributed by atoms with Crippen molar-refractivity contribution >= 4 is 35.2 Å². The van der Waals surface area contributed by atoms with Gasteiger partial charge in [0.25, 0.3) is 0 Å². The van der Waals surface area contributed by atoms with E-state index in [4.69, 9.17) is 32.7 Å². The highest BCUT2D eigenvalue weighted by Gasteiger charge is 2.26. The average Bonchev–Trinajstić information content (AvgIpc) is 2.80. The molecule has 0 aliphatic rings. The van der Waals surface area contributed by atoms with Crippen molar-refractivity contribution in [1.82, 2.24) is 4.98 Å². The smallest absolute Gasteiger partial charge is 0.314 e. The van der Waals surface area contributed by atoms with Crippen LogP contribution in [-0.2, 0) is 9.53 Å². The molecule has 33 heavy (non-hydrogen) atoms. The molecule has 0 fully saturated rings. The summed E-state index contributed by atoms with van der Waals surface area (Å²) in [6.07, 6.45) is 2.35. The molecule has 2 atom stereocenters. The Balaban J connectivity index is 1.74. The molecule has 168 valence electrons. The molecule has 0 aliphatic carbocycles. The van der Waals surface area contributed by atoms with Crippen LogP contribution in [0.2, 0.25) is 10.0 Å². The van der Waals surface area contributed by atoms with Crippen molar-refractivity contribution in [3.8, 4) is 17.7 Å². The van der Waals surface area contributed by atoms with Crippen molar-refractivity contribution in [2.75, 3.05) is 0 Å². The quantitative estimate of drug-likeness (QED) is 0.316. The lowest BCUT2D eigenvalue weighted by Gasteiger charge is -2.18. The summed E-state index contributed by atoms with van der Waals surface area (Å²) < 4.78 is 11.2. The molecule has 1 aromatic heterocycles. The third kappa shape index (κ3) is 6.82. The summed E-state index contributed by atoms with van der Waals surface area (Å²) in [5.41, 5.74) is 1.09. The zero-order chi connectivity index (χ0) is 23.8. The number of carbonyl (C=O) groups excluding carboxylic acids is 1. The lowest BCUT2D eigenvalue weighted by Crippen LogP contribution is -2.23. The largest absolute Gasteiger partial charge is 0.440 e. The third-order valence-electron chi connectivity index (χ3n) is 4.76. The van der Waals surface area contributed by atoms with E-state index in [1.807, 2.05) is 38.1 Å². The highest BCUT2D eigenvalue weighted by atomic mass is 35.5. The number of carbonyl (C=O) groups is 1. The fourth-order valence-corrected chi connectivity index (χ4v) is 3.30. The highest BCUT2D eigenvalue weighted by Crippen LogP contribution is 2.26. The number of nitriles is 1. The number of hydrogen-bond acceptors (Lipinski definition) is 5. The van der Waals surface area contributed by atoms with Gasteiger partial charge in [0.1, 0.15) is 11.8 Å². The number of hydrogen-bond donors (Lipinski definition) is 0. The minimum absolute atomic E-state index is 0.0587. The predicted molar refractivity (Wildman–Crippen MR) is 129 cm³/mol. The molecule has 3 rings (SSSR count). The molecule has 0 N–H and O–H groups in total. The van der Waals surface area contributed by atoms with E-state index in [1.54, 1.807) is 60.7 Å². The van der Waals surface area contributed by atoms with Gasteiger partial charge in [-0.3, -0.25) is 4.79 Å². The Hall–Kier alpha value is -3.33. The molecule has 0 saturated carbocycles. The summed E-state index contributed by atoms with van der Waals surface area (Å²) >= 11 is 12.0. The van der Waals surface area contributed by atoms with E-state index in [2.05, 4.69) is 4.98 Å². The van der Waals surface area contributed by atoms with E-state index in [-0.39, 0.29) is 11.6 Å². The number of nitrogens with zero attached hydrogens (tertiary/aromatic N) is 2. The van der Waals surface area contributed by atoms with E-state index in [1.165, 1.54) is 0 Å². The van der Waals surface area contributed by atoms with E-state index in [0.717, 1.165) is 5.56 Å². The number of rotatable bonds is 8. The second-order valence-electron chi connectivity index (χ2n) is 7.56. The fraction of sp³-hybridized carbons (Fsp3) is 0.192. The number of halogens is 2. The fourth-order valence-electron chi connectivity index (χ4n) is 2.99. The third-order valence-corrected chi connectivity index (χ3v) is 5.50. The van der Waals surface area contributed by atoms with Crippen LogP contribution in [0.25, 0.3) is 6.08 Å². The average molecular weight is 481 g/mol. The molecule has 1 heterocycles. The van der Waals surface area contributed by atoms with Crippen molar-refractivity contribution in [3.63, 3.8) is 0 Å². The zero-order valence-corrected chi connectivity index (χ0v) is 19.6. The molecular weight excluding hydrogens is 459 g/mol. The molecular formula is C26H22Cl2N2O3. The number of pyridine rings is 1. The predicted octanol–water partition coefficient (Wildman–Crippen LogP) is 7.27. The van der Waals surface area contributed by atoms with Gasteiger partial charge < -0.3 is 9.47 Å². The second-order valence-corrected chi connectivity index (χ2v) is 8.38. The van der Waals surface area contributed by atoms with E-state index in [0.29, 0.717) is 21.7 Å². The van der Waals surface area contributed by atoms with Gasteiger partial charge in [0.2, 0.25) is 12.0 Å². The number of aromatic nitrogens is 1. The standard InChI is InChI=1S/C26H22Cl2N2O3/c1-17(2)20(13-11-18-12-14-21(27)22(28)15-18)26(31)33-24(16-29)23-9-6-10-25(30-23)32-19-7-4-3-5-8-19/h3-15,17,20,24H,1-2H3/b13-11+. The van der Waals surface area contributed by atoms with Gasteiger partial charge >= 0.3 is 5.97 Å². The minimum Gasteiger partial charge on any atom is -0.440 e. The Morgan fingerprint density at radius 1 is 1.03 bits per heavy atom. The number of ether oxygens (including phenoxy) is 2. The molecule has 0 bridgehead atoms. The van der Waals surface area contributed by atoms with Gasteiger partial charge in [-0.25, -0.2) is 4.98 Å². The van der Waals surface area contributed by atoms with E-state index >= 15 is 0 Å². The van der Waals surface area contributed by atoms with Crippen LogP contribution in [0.4, 0.5) is 0 Å². The van der Waals surface area contributed by atoms with Crippen LogP contribution in [0, 0.1) is 23.2 Å². The summed E-state index contributed by atoms with van der Waals surface area (Å²) in [6, 6.07) is 21.3. The van der Waals surface area contributed by atoms with Crippen LogP contribution >= 0.6 is 23.2 Å². The van der Waals surface area contributed by atoms with Gasteiger partial charge in [-0.1, -0.05) is 79.5 Å². The maximum absolute atomic E-state index is 12.9. The molecule has 7 heteroatoms. The van der Waals surface area contributed by atoms with Crippen LogP contribution in [0.3, 0.4) is 0 Å². The summed E-state index contributed by atoms with van der Waals surface area (Å²) in [5.74, 6) is -0.241. The maximum Gasteiger partial charge on any atom is 0.314 e. The number of benzene rings is 2. The zero-order valence-electron chi connectivity index (χ0n) is 18.1. The molecule has 0 saturated heterocycles. The summed E-state index contributed by atoms with van der Waals surface area (Å²) in [6.45, 7) is 3.80. The molecule has 5 nitrogen and oxygen atoms in total. The second kappa shape index (κ2) is 11.5. The van der Waals surface area contributed by atoms with Gasteiger partial charge in [-0.15, -0.1) is 0 Å². The first kappa shape index (κ1) is 24.3. The van der Waals surface area contributed by atoms with Crippen molar-refractivity contribution in [3.05, 3.63) is 94.1 Å². The number of para-hydroxylation sites is 1. The van der Waals surface area contributed by atoms with Crippen molar-refractivity contribution < 1.29 is 14.3 Å². The monoisotopic (exact) mass is 480 g/mol. The van der Waals surface area contributed by atoms with E-state index in [9.17, 15) is 10.1 Å². The highest BCUT2D eigenvalue weighted by molar-refractivity contribution is 6.42. The first-order valence-corrected chi connectivity index (χ1v) is 11.1. The van der Waals surface area contributed by atoms with Gasteiger partial charge in [-0.05, 0) is 41.8 Å². The Morgan fingerprint density at radius 3 is 2.45 bits per heavy atom. The van der Waals surface area contributed by atoms with Crippen LogP contribution < -0.4 is 4.74 Å². The van der Waals surface area contributed by atoms with Gasteiger partial charge in [-0.2, -0.15) is 5.26 Å². The van der Waals surface area contributed by atoms with Crippen molar-refractivity contribution in [2.45, 2.75) is 20.0 Å². The Morgan fingerprint density at radius 2 is 1.79 bits per heavy atom. The first-order chi connectivity index (χ1) is 15.9.